The van der Waals surface area contributed by atoms with Gasteiger partial charge < -0.3 is 20.3 Å². The van der Waals surface area contributed by atoms with Gasteiger partial charge in [0.1, 0.15) is 6.04 Å². The van der Waals surface area contributed by atoms with E-state index in [1.807, 2.05) is 11.8 Å². The Kier molecular flexibility index (Phi) is 5.37. The highest BCUT2D eigenvalue weighted by Gasteiger charge is 2.36. The first-order valence-electron chi connectivity index (χ1n) is 7.51. The van der Waals surface area contributed by atoms with Gasteiger partial charge in [-0.15, -0.1) is 0 Å². The van der Waals surface area contributed by atoms with Gasteiger partial charge in [-0.25, -0.2) is 0 Å². The van der Waals surface area contributed by atoms with Gasteiger partial charge in [0, 0.05) is 32.1 Å². The van der Waals surface area contributed by atoms with Crippen LogP contribution in [0.15, 0.2) is 0 Å². The summed E-state index contributed by atoms with van der Waals surface area (Å²) in [7, 11) is 0. The number of hydrogen-bond donors (Lipinski definition) is 1. The van der Waals surface area contributed by atoms with Crippen LogP contribution in [0.1, 0.15) is 32.6 Å². The minimum atomic E-state index is -0.270. The summed E-state index contributed by atoms with van der Waals surface area (Å²) in [6, 6.07) is -0.247. The number of carbonyl (C=O) groups is 2. The second-order valence-electron chi connectivity index (χ2n) is 5.70. The maximum Gasteiger partial charge on any atom is 0.245 e. The van der Waals surface area contributed by atoms with Crippen molar-refractivity contribution >= 4 is 11.8 Å². The van der Waals surface area contributed by atoms with Crippen LogP contribution in [0.2, 0.25) is 0 Å². The molecule has 2 atom stereocenters. The summed E-state index contributed by atoms with van der Waals surface area (Å²) < 4.78 is 5.26. The lowest BCUT2D eigenvalue weighted by Gasteiger charge is -2.32. The third-order valence-corrected chi connectivity index (χ3v) is 3.99. The zero-order chi connectivity index (χ0) is 14.5. The fourth-order valence-electron chi connectivity index (χ4n) is 2.81. The first kappa shape index (κ1) is 15.3. The molecular formula is C14H25N3O3. The molecule has 0 saturated carbocycles. The van der Waals surface area contributed by atoms with Crippen LogP contribution in [-0.2, 0) is 14.3 Å². The van der Waals surface area contributed by atoms with E-state index in [2.05, 4.69) is 0 Å². The number of ether oxygens (including phenoxy) is 1. The van der Waals surface area contributed by atoms with E-state index in [0.717, 1.165) is 12.8 Å². The molecule has 0 aromatic rings. The highest BCUT2D eigenvalue weighted by molar-refractivity contribution is 5.88. The molecule has 6 nitrogen and oxygen atoms in total. The van der Waals surface area contributed by atoms with Gasteiger partial charge >= 0.3 is 0 Å². The molecule has 2 heterocycles. The number of nitrogens with two attached hydrogens (primary N) is 1. The molecule has 2 saturated heterocycles. The highest BCUT2D eigenvalue weighted by Crippen LogP contribution is 2.21. The molecule has 2 amide bonds. The molecule has 0 bridgehead atoms. The van der Waals surface area contributed by atoms with E-state index in [1.54, 1.807) is 4.90 Å². The average Bonchev–Trinajstić information content (AvgIpc) is 2.94. The molecule has 2 aliphatic rings. The first-order valence-corrected chi connectivity index (χ1v) is 7.51. The Morgan fingerprint density at radius 2 is 2.00 bits per heavy atom. The summed E-state index contributed by atoms with van der Waals surface area (Å²) in [4.78, 5) is 28.3. The Hall–Kier alpha value is -1.14. The number of nitrogens with zero attached hydrogens (tertiary/aromatic N) is 2. The molecule has 2 rings (SSSR count). The maximum atomic E-state index is 12.5. The summed E-state index contributed by atoms with van der Waals surface area (Å²) in [6.07, 6.45) is 2.79. The molecule has 0 aromatic carbocycles. The van der Waals surface area contributed by atoms with Crippen molar-refractivity contribution in [3.05, 3.63) is 0 Å². The van der Waals surface area contributed by atoms with Crippen LogP contribution in [-0.4, -0.2) is 66.5 Å². The van der Waals surface area contributed by atoms with Crippen molar-refractivity contribution in [2.75, 3.05) is 32.8 Å². The van der Waals surface area contributed by atoms with Crippen LogP contribution >= 0.6 is 0 Å². The largest absolute Gasteiger partial charge is 0.378 e. The zero-order valence-electron chi connectivity index (χ0n) is 12.2. The number of amides is 2. The fourth-order valence-corrected chi connectivity index (χ4v) is 2.81. The van der Waals surface area contributed by atoms with Crippen LogP contribution in [0.3, 0.4) is 0 Å². The van der Waals surface area contributed by atoms with Crippen LogP contribution in [0.5, 0.6) is 0 Å². The van der Waals surface area contributed by atoms with E-state index < -0.39 is 0 Å². The quantitative estimate of drug-likeness (QED) is 0.786. The summed E-state index contributed by atoms with van der Waals surface area (Å²) >= 11 is 0. The smallest absolute Gasteiger partial charge is 0.245 e. The van der Waals surface area contributed by atoms with Gasteiger partial charge in [0.05, 0.1) is 13.2 Å². The molecule has 0 radical (unpaired) electrons. The van der Waals surface area contributed by atoms with E-state index in [1.165, 1.54) is 0 Å². The average molecular weight is 283 g/mol. The molecule has 6 heteroatoms. The van der Waals surface area contributed by atoms with Crippen molar-refractivity contribution in [2.24, 2.45) is 5.73 Å². The second-order valence-corrected chi connectivity index (χ2v) is 5.70. The number of likely N-dealkylation sites (tertiary alicyclic amines) is 1. The van der Waals surface area contributed by atoms with Gasteiger partial charge in [0.25, 0.3) is 0 Å². The van der Waals surface area contributed by atoms with Crippen molar-refractivity contribution in [1.29, 1.82) is 0 Å². The Bertz CT molecular complexity index is 354. The maximum absolute atomic E-state index is 12.5. The van der Waals surface area contributed by atoms with Crippen molar-refractivity contribution in [1.82, 2.24) is 9.80 Å². The van der Waals surface area contributed by atoms with Gasteiger partial charge in [-0.3, -0.25) is 9.59 Å². The van der Waals surface area contributed by atoms with E-state index in [4.69, 9.17) is 10.5 Å². The standard InChI is InChI=1S/C14H25N3O3/c1-11(15)4-5-13(18)17-6-2-3-12(17)14(19)16-7-9-20-10-8-16/h11-12H,2-10,15H2,1H3. The molecule has 2 unspecified atom stereocenters. The fraction of sp³-hybridized carbons (Fsp3) is 0.857. The lowest BCUT2D eigenvalue weighted by atomic mass is 10.1. The third-order valence-electron chi connectivity index (χ3n) is 3.99. The van der Waals surface area contributed by atoms with E-state index in [0.29, 0.717) is 45.7 Å². The van der Waals surface area contributed by atoms with Gasteiger partial charge in [-0.05, 0) is 26.2 Å². The molecule has 2 fully saturated rings. The number of carbonyl (C=O) groups excluding carboxylic acids is 2. The van der Waals surface area contributed by atoms with Crippen LogP contribution in [0.25, 0.3) is 0 Å². The lowest BCUT2D eigenvalue weighted by molar-refractivity contribution is -0.146. The topological polar surface area (TPSA) is 75.9 Å². The van der Waals surface area contributed by atoms with Gasteiger partial charge in [-0.2, -0.15) is 0 Å². The molecule has 2 aliphatic heterocycles. The predicted octanol–water partition coefficient (Wildman–Crippen LogP) is -0.0364. The molecule has 0 aromatic heterocycles. The third kappa shape index (κ3) is 3.70. The minimum absolute atomic E-state index is 0.0231. The first-order chi connectivity index (χ1) is 9.59. The predicted molar refractivity (Wildman–Crippen MR) is 75.0 cm³/mol. The molecular weight excluding hydrogens is 258 g/mol. The van der Waals surface area contributed by atoms with Crippen LogP contribution < -0.4 is 5.73 Å². The summed E-state index contributed by atoms with van der Waals surface area (Å²) in [5, 5.41) is 0. The van der Waals surface area contributed by atoms with Crippen molar-refractivity contribution in [3.63, 3.8) is 0 Å². The zero-order valence-corrected chi connectivity index (χ0v) is 12.2. The normalized spacial score (nSPS) is 24.8. The van der Waals surface area contributed by atoms with Gasteiger partial charge in [0.2, 0.25) is 11.8 Å². The Morgan fingerprint density at radius 1 is 1.30 bits per heavy atom. The Morgan fingerprint density at radius 3 is 2.65 bits per heavy atom. The van der Waals surface area contributed by atoms with Gasteiger partial charge in [0.15, 0.2) is 0 Å². The van der Waals surface area contributed by atoms with E-state index >= 15 is 0 Å². The van der Waals surface area contributed by atoms with Gasteiger partial charge in [-0.1, -0.05) is 0 Å². The monoisotopic (exact) mass is 283 g/mol. The SMILES string of the molecule is CC(N)CCC(=O)N1CCCC1C(=O)N1CCOCC1. The van der Waals surface area contributed by atoms with Crippen LogP contribution in [0.4, 0.5) is 0 Å². The molecule has 0 aliphatic carbocycles. The second kappa shape index (κ2) is 7.04. The molecule has 0 spiro atoms. The number of rotatable bonds is 4. The Balaban J connectivity index is 1.92. The van der Waals surface area contributed by atoms with Crippen molar-refractivity contribution in [2.45, 2.75) is 44.7 Å². The highest BCUT2D eigenvalue weighted by atomic mass is 16.5. The minimum Gasteiger partial charge on any atom is -0.378 e. The number of hydrogen-bond acceptors (Lipinski definition) is 4. The van der Waals surface area contributed by atoms with Crippen molar-refractivity contribution in [3.8, 4) is 0 Å². The molecule has 2 N–H and O–H groups in total. The lowest BCUT2D eigenvalue weighted by Crippen LogP contribution is -2.51. The summed E-state index contributed by atoms with van der Waals surface area (Å²) in [5.74, 6) is 0.145. The van der Waals surface area contributed by atoms with Crippen LogP contribution in [0, 0.1) is 0 Å². The molecule has 114 valence electrons. The number of morpholine rings is 1. The Labute approximate surface area is 120 Å². The van der Waals surface area contributed by atoms with Crippen molar-refractivity contribution < 1.29 is 14.3 Å². The summed E-state index contributed by atoms with van der Waals surface area (Å²) in [5.41, 5.74) is 5.69. The van der Waals surface area contributed by atoms with E-state index in [-0.39, 0.29) is 23.9 Å². The summed E-state index contributed by atoms with van der Waals surface area (Å²) in [6.45, 7) is 5.05. The van der Waals surface area contributed by atoms with E-state index in [9.17, 15) is 9.59 Å². The molecule has 20 heavy (non-hydrogen) atoms.